The van der Waals surface area contributed by atoms with Crippen LogP contribution in [0.1, 0.15) is 33.6 Å². The van der Waals surface area contributed by atoms with Crippen molar-refractivity contribution in [2.24, 2.45) is 5.41 Å². The molecule has 5 nitrogen and oxygen atoms in total. The van der Waals surface area contributed by atoms with Crippen LogP contribution in [0.5, 0.6) is 0 Å². The number of amides is 2. The van der Waals surface area contributed by atoms with Crippen LogP contribution in [-0.2, 0) is 4.79 Å². The average Bonchev–Trinajstić information content (AvgIpc) is 2.25. The Hall–Kier alpha value is -0.910. The van der Waals surface area contributed by atoms with Crippen LogP contribution < -0.4 is 10.6 Å². The Morgan fingerprint density at radius 2 is 2.06 bits per heavy atom. The summed E-state index contributed by atoms with van der Waals surface area (Å²) in [4.78, 5) is 22.9. The molecule has 1 saturated heterocycles. The number of carbonyl (C=O) groups is 2. The highest BCUT2D eigenvalue weighted by atomic mass is 32.2. The van der Waals surface area contributed by atoms with Crippen molar-refractivity contribution < 1.29 is 14.7 Å². The maximum atomic E-state index is 11.8. The summed E-state index contributed by atoms with van der Waals surface area (Å²) in [5.41, 5.74) is -0.509. The van der Waals surface area contributed by atoms with Crippen LogP contribution in [0.15, 0.2) is 0 Å². The van der Waals surface area contributed by atoms with E-state index in [1.54, 1.807) is 20.8 Å². The Morgan fingerprint density at radius 3 is 2.50 bits per heavy atom. The lowest BCUT2D eigenvalue weighted by atomic mass is 9.87. The molecule has 0 aliphatic carbocycles. The van der Waals surface area contributed by atoms with E-state index in [-0.39, 0.29) is 12.1 Å². The van der Waals surface area contributed by atoms with Crippen LogP contribution in [0.25, 0.3) is 0 Å². The minimum absolute atomic E-state index is 0.151. The molecule has 0 aromatic carbocycles. The standard InChI is InChI=1S/C12H22N2O3S/c1-12(2,3)9(10(15)16)14-11(17)13-8-5-4-6-18-7-8/h8-9H,4-7H2,1-3H3,(H,15,16)(H2,13,14,17). The Morgan fingerprint density at radius 1 is 1.39 bits per heavy atom. The molecule has 18 heavy (non-hydrogen) atoms. The third kappa shape index (κ3) is 4.76. The maximum Gasteiger partial charge on any atom is 0.326 e. The van der Waals surface area contributed by atoms with Crippen LogP contribution >= 0.6 is 11.8 Å². The number of rotatable bonds is 3. The summed E-state index contributed by atoms with van der Waals surface area (Å²) in [6.07, 6.45) is 2.06. The van der Waals surface area contributed by atoms with E-state index in [2.05, 4.69) is 10.6 Å². The van der Waals surface area contributed by atoms with Gasteiger partial charge in [-0.25, -0.2) is 9.59 Å². The van der Waals surface area contributed by atoms with E-state index in [1.165, 1.54) is 0 Å². The zero-order valence-electron chi connectivity index (χ0n) is 11.2. The van der Waals surface area contributed by atoms with Crippen molar-refractivity contribution in [3.63, 3.8) is 0 Å². The van der Waals surface area contributed by atoms with Gasteiger partial charge in [0.2, 0.25) is 0 Å². The van der Waals surface area contributed by atoms with Gasteiger partial charge in [-0.05, 0) is 24.0 Å². The van der Waals surface area contributed by atoms with Gasteiger partial charge in [-0.1, -0.05) is 20.8 Å². The van der Waals surface area contributed by atoms with E-state index in [9.17, 15) is 9.59 Å². The van der Waals surface area contributed by atoms with Gasteiger partial charge < -0.3 is 15.7 Å². The number of carboxylic acids is 1. The fourth-order valence-electron chi connectivity index (χ4n) is 1.86. The number of hydrogen-bond donors (Lipinski definition) is 3. The molecular weight excluding hydrogens is 252 g/mol. The minimum atomic E-state index is -1.00. The topological polar surface area (TPSA) is 78.4 Å². The van der Waals surface area contributed by atoms with Crippen molar-refractivity contribution >= 4 is 23.8 Å². The average molecular weight is 274 g/mol. The highest BCUT2D eigenvalue weighted by Crippen LogP contribution is 2.20. The quantitative estimate of drug-likeness (QED) is 0.731. The van der Waals surface area contributed by atoms with Gasteiger partial charge in [0.1, 0.15) is 6.04 Å². The summed E-state index contributed by atoms with van der Waals surface area (Å²) in [5, 5.41) is 14.5. The van der Waals surface area contributed by atoms with E-state index in [0.29, 0.717) is 0 Å². The van der Waals surface area contributed by atoms with E-state index in [0.717, 1.165) is 24.3 Å². The molecule has 0 aromatic heterocycles. The molecule has 2 atom stereocenters. The molecule has 1 aliphatic heterocycles. The Bertz CT molecular complexity index is 309. The third-order valence-corrected chi connectivity index (χ3v) is 4.10. The second-order valence-corrected chi connectivity index (χ2v) is 6.82. The van der Waals surface area contributed by atoms with Gasteiger partial charge in [0.25, 0.3) is 0 Å². The van der Waals surface area contributed by atoms with Crippen LogP contribution in [0.4, 0.5) is 4.79 Å². The lowest BCUT2D eigenvalue weighted by Gasteiger charge is -2.29. The number of nitrogens with one attached hydrogen (secondary N) is 2. The zero-order valence-corrected chi connectivity index (χ0v) is 12.0. The smallest absolute Gasteiger partial charge is 0.326 e. The molecule has 3 N–H and O–H groups in total. The van der Waals surface area contributed by atoms with Crippen molar-refractivity contribution in [1.29, 1.82) is 0 Å². The molecule has 1 aliphatic rings. The van der Waals surface area contributed by atoms with Gasteiger partial charge in [0, 0.05) is 11.8 Å². The summed E-state index contributed by atoms with van der Waals surface area (Å²) < 4.78 is 0. The van der Waals surface area contributed by atoms with Gasteiger partial charge in [-0.15, -0.1) is 0 Å². The lowest BCUT2D eigenvalue weighted by Crippen LogP contribution is -2.54. The number of carbonyl (C=O) groups excluding carboxylic acids is 1. The first-order valence-corrected chi connectivity index (χ1v) is 7.34. The van der Waals surface area contributed by atoms with Gasteiger partial charge in [-0.3, -0.25) is 0 Å². The van der Waals surface area contributed by atoms with E-state index in [4.69, 9.17) is 5.11 Å². The Labute approximate surface area is 112 Å². The predicted octanol–water partition coefficient (Wildman–Crippen LogP) is 1.68. The number of carboxylic acid groups (broad SMARTS) is 1. The summed E-state index contributed by atoms with van der Waals surface area (Å²) in [6, 6.07) is -1.11. The van der Waals surface area contributed by atoms with Gasteiger partial charge in [-0.2, -0.15) is 11.8 Å². The monoisotopic (exact) mass is 274 g/mol. The predicted molar refractivity (Wildman–Crippen MR) is 72.9 cm³/mol. The third-order valence-electron chi connectivity index (χ3n) is 2.88. The number of urea groups is 1. The molecule has 0 spiro atoms. The van der Waals surface area contributed by atoms with Crippen molar-refractivity contribution in [1.82, 2.24) is 10.6 Å². The summed E-state index contributed by atoms with van der Waals surface area (Å²) in [5.74, 6) is 1.04. The highest BCUT2D eigenvalue weighted by Gasteiger charge is 2.33. The fraction of sp³-hybridized carbons (Fsp3) is 0.833. The lowest BCUT2D eigenvalue weighted by molar-refractivity contribution is -0.141. The summed E-state index contributed by atoms with van der Waals surface area (Å²) in [6.45, 7) is 5.38. The van der Waals surface area contributed by atoms with Crippen LogP contribution in [-0.4, -0.2) is 40.7 Å². The molecule has 2 amide bonds. The summed E-state index contributed by atoms with van der Waals surface area (Å²) >= 11 is 1.82. The van der Waals surface area contributed by atoms with Crippen molar-refractivity contribution in [2.75, 3.05) is 11.5 Å². The molecule has 0 aromatic rings. The fourth-order valence-corrected chi connectivity index (χ4v) is 2.93. The van der Waals surface area contributed by atoms with Gasteiger partial charge in [0.15, 0.2) is 0 Å². The molecule has 1 heterocycles. The number of hydrogen-bond acceptors (Lipinski definition) is 3. The maximum absolute atomic E-state index is 11.8. The van der Waals surface area contributed by atoms with Crippen molar-refractivity contribution in [2.45, 2.75) is 45.7 Å². The highest BCUT2D eigenvalue weighted by molar-refractivity contribution is 7.99. The largest absolute Gasteiger partial charge is 0.480 e. The van der Waals surface area contributed by atoms with Crippen LogP contribution in [0, 0.1) is 5.41 Å². The van der Waals surface area contributed by atoms with Gasteiger partial charge in [0.05, 0.1) is 0 Å². The molecule has 0 radical (unpaired) electrons. The van der Waals surface area contributed by atoms with Crippen molar-refractivity contribution in [3.8, 4) is 0 Å². The number of thioether (sulfide) groups is 1. The second-order valence-electron chi connectivity index (χ2n) is 5.67. The molecule has 1 fully saturated rings. The normalized spacial score (nSPS) is 22.1. The second kappa shape index (κ2) is 6.31. The molecular formula is C12H22N2O3S. The van der Waals surface area contributed by atoms with Crippen LogP contribution in [0.2, 0.25) is 0 Å². The first kappa shape index (κ1) is 15.1. The molecule has 104 valence electrons. The Balaban J connectivity index is 2.48. The first-order valence-electron chi connectivity index (χ1n) is 6.18. The molecule has 2 unspecified atom stereocenters. The van der Waals surface area contributed by atoms with Crippen LogP contribution in [0.3, 0.4) is 0 Å². The molecule has 0 bridgehead atoms. The van der Waals surface area contributed by atoms with Gasteiger partial charge >= 0.3 is 12.0 Å². The molecule has 1 rings (SSSR count). The zero-order chi connectivity index (χ0) is 13.8. The Kier molecular flexibility index (Phi) is 5.31. The first-order chi connectivity index (χ1) is 8.30. The van der Waals surface area contributed by atoms with E-state index >= 15 is 0 Å². The van der Waals surface area contributed by atoms with Crippen molar-refractivity contribution in [3.05, 3.63) is 0 Å². The van der Waals surface area contributed by atoms with E-state index < -0.39 is 17.4 Å². The number of aliphatic carboxylic acids is 1. The molecule has 6 heteroatoms. The summed E-state index contributed by atoms with van der Waals surface area (Å²) in [7, 11) is 0. The SMILES string of the molecule is CC(C)(C)C(NC(=O)NC1CCCSC1)C(=O)O. The van der Waals surface area contributed by atoms with E-state index in [1.807, 2.05) is 11.8 Å². The molecule has 0 saturated carbocycles. The minimum Gasteiger partial charge on any atom is -0.480 e.